The van der Waals surface area contributed by atoms with Gasteiger partial charge in [0, 0.05) is 55.4 Å². The second-order valence-corrected chi connectivity index (χ2v) is 7.40. The number of halogens is 1. The number of hydrogen-bond donors (Lipinski definition) is 1. The maximum absolute atomic E-state index is 10.7. The Hall–Kier alpha value is -2.04. The van der Waals surface area contributed by atoms with Crippen LogP contribution in [0.3, 0.4) is 0 Å². The van der Waals surface area contributed by atoms with Gasteiger partial charge in [0.05, 0.1) is 0 Å². The third kappa shape index (κ3) is 5.47. The van der Waals surface area contributed by atoms with E-state index < -0.39 is 6.10 Å². The van der Waals surface area contributed by atoms with E-state index in [0.717, 1.165) is 48.2 Å². The lowest BCUT2D eigenvalue weighted by atomic mass is 10.0. The third-order valence-corrected chi connectivity index (χ3v) is 5.10. The summed E-state index contributed by atoms with van der Waals surface area (Å²) in [6, 6.07) is 7.91. The zero-order valence-corrected chi connectivity index (χ0v) is 16.3. The minimum atomic E-state index is -0.556. The summed E-state index contributed by atoms with van der Waals surface area (Å²) in [5.41, 5.74) is 2.65. The van der Waals surface area contributed by atoms with Gasteiger partial charge in [-0.25, -0.2) is 4.79 Å². The minimum Gasteiger partial charge on any atom is -0.491 e. The van der Waals surface area contributed by atoms with Crippen molar-refractivity contribution in [2.75, 3.05) is 44.2 Å². The Labute approximate surface area is 165 Å². The number of aliphatic hydroxyl groups excluding tert-OH is 1. The molecule has 6 heteroatoms. The molecule has 1 unspecified atom stereocenters. The largest absolute Gasteiger partial charge is 0.491 e. The summed E-state index contributed by atoms with van der Waals surface area (Å²) in [6.45, 7) is 6.30. The lowest BCUT2D eigenvalue weighted by Gasteiger charge is -2.37. The van der Waals surface area contributed by atoms with Gasteiger partial charge in [0.2, 0.25) is 0 Å². The first kappa shape index (κ1) is 19.7. The van der Waals surface area contributed by atoms with Crippen LogP contribution in [0.5, 0.6) is 0 Å². The van der Waals surface area contributed by atoms with Crippen LogP contribution in [0.1, 0.15) is 13.3 Å². The van der Waals surface area contributed by atoms with E-state index in [9.17, 15) is 9.90 Å². The number of aliphatic hydroxyl groups is 1. The summed E-state index contributed by atoms with van der Waals surface area (Å²) in [4.78, 5) is 15.3. The molecule has 2 aliphatic rings. The van der Waals surface area contributed by atoms with E-state index in [1.165, 1.54) is 0 Å². The quantitative estimate of drug-likeness (QED) is 0.759. The fraction of sp³-hybridized carbons (Fsp3) is 0.429. The lowest BCUT2D eigenvalue weighted by Crippen LogP contribution is -2.49. The second kappa shape index (κ2) is 9.25. The van der Waals surface area contributed by atoms with Crippen molar-refractivity contribution in [3.8, 4) is 0 Å². The summed E-state index contributed by atoms with van der Waals surface area (Å²) in [7, 11) is 0. The highest BCUT2D eigenvalue weighted by atomic mass is 35.5. The van der Waals surface area contributed by atoms with Crippen LogP contribution in [0.15, 0.2) is 53.3 Å². The standard InChI is InChI=1S/C21H25ClN2O3/c1-16-11-17(14-25)5-6-21(16)27-15-20(26)13-23-7-9-24(10-8-23)19-4-2-3-18(22)12-19/h2-4,6,11-12,20,26H,5,7-10,13,15H2,1H3. The number of piperazine rings is 1. The van der Waals surface area contributed by atoms with Gasteiger partial charge in [0.25, 0.3) is 0 Å². The van der Waals surface area contributed by atoms with Crippen molar-refractivity contribution in [1.29, 1.82) is 0 Å². The van der Waals surface area contributed by atoms with Gasteiger partial charge < -0.3 is 14.7 Å². The average molecular weight is 389 g/mol. The fourth-order valence-electron chi connectivity index (χ4n) is 3.40. The van der Waals surface area contributed by atoms with E-state index in [0.29, 0.717) is 18.5 Å². The average Bonchev–Trinajstić information content (AvgIpc) is 2.67. The normalized spacial score (nSPS) is 19.2. The molecule has 1 heterocycles. The van der Waals surface area contributed by atoms with E-state index in [4.69, 9.17) is 16.3 Å². The number of β-amino-alcohol motifs (C(OH)–C–C–N with tert-alkyl or cyclic N) is 1. The Kier molecular flexibility index (Phi) is 6.75. The van der Waals surface area contributed by atoms with Crippen molar-refractivity contribution in [3.63, 3.8) is 0 Å². The Bertz CT molecular complexity index is 775. The maximum Gasteiger partial charge on any atom is 0.128 e. The van der Waals surface area contributed by atoms with E-state index in [-0.39, 0.29) is 6.61 Å². The summed E-state index contributed by atoms with van der Waals surface area (Å²) in [6.07, 6.45) is 3.62. The first-order valence-electron chi connectivity index (χ1n) is 9.21. The molecule has 1 aromatic carbocycles. The van der Waals surface area contributed by atoms with Crippen molar-refractivity contribution < 1.29 is 14.6 Å². The molecular weight excluding hydrogens is 364 g/mol. The predicted molar refractivity (Wildman–Crippen MR) is 108 cm³/mol. The maximum atomic E-state index is 10.7. The summed E-state index contributed by atoms with van der Waals surface area (Å²) in [5.74, 6) is 2.65. The van der Waals surface area contributed by atoms with E-state index in [2.05, 4.69) is 15.9 Å². The van der Waals surface area contributed by atoms with Gasteiger partial charge in [0.1, 0.15) is 24.4 Å². The molecule has 0 spiro atoms. The lowest BCUT2D eigenvalue weighted by molar-refractivity contribution is 0.0432. The monoisotopic (exact) mass is 388 g/mol. The van der Waals surface area contributed by atoms with E-state index in [1.807, 2.05) is 37.1 Å². The van der Waals surface area contributed by atoms with Crippen molar-refractivity contribution in [1.82, 2.24) is 4.90 Å². The summed E-state index contributed by atoms with van der Waals surface area (Å²) >= 11 is 6.07. The molecule has 1 aliphatic heterocycles. The zero-order valence-electron chi connectivity index (χ0n) is 15.5. The topological polar surface area (TPSA) is 53.0 Å². The highest BCUT2D eigenvalue weighted by molar-refractivity contribution is 6.30. The van der Waals surface area contributed by atoms with Crippen LogP contribution in [0.2, 0.25) is 5.02 Å². The number of ether oxygens (including phenoxy) is 1. The highest BCUT2D eigenvalue weighted by Crippen LogP contribution is 2.22. The van der Waals surface area contributed by atoms with Gasteiger partial charge in [-0.15, -0.1) is 0 Å². The Morgan fingerprint density at radius 1 is 1.30 bits per heavy atom. The first-order chi connectivity index (χ1) is 13.0. The van der Waals surface area contributed by atoms with Gasteiger partial charge in [0.15, 0.2) is 0 Å². The van der Waals surface area contributed by atoms with Gasteiger partial charge >= 0.3 is 0 Å². The first-order valence-corrected chi connectivity index (χ1v) is 9.59. The molecule has 1 saturated heterocycles. The van der Waals surface area contributed by atoms with E-state index in [1.54, 1.807) is 6.08 Å². The van der Waals surface area contributed by atoms with Crippen molar-refractivity contribution in [3.05, 3.63) is 58.3 Å². The molecule has 0 saturated carbocycles. The van der Waals surface area contributed by atoms with Gasteiger partial charge in [-0.2, -0.15) is 0 Å². The second-order valence-electron chi connectivity index (χ2n) is 6.96. The molecule has 144 valence electrons. The zero-order chi connectivity index (χ0) is 19.2. The Morgan fingerprint density at radius 2 is 2.07 bits per heavy atom. The molecular formula is C21H25ClN2O3. The summed E-state index contributed by atoms with van der Waals surface area (Å²) < 4.78 is 5.74. The molecule has 0 bridgehead atoms. The SMILES string of the molecule is CC1=CC(=C=O)CC=C1OCC(O)CN1CCN(c2cccc(Cl)c2)CC1. The molecule has 1 atom stereocenters. The molecule has 1 aromatic rings. The van der Waals surface area contributed by atoms with Gasteiger partial charge in [-0.3, -0.25) is 4.90 Å². The summed E-state index contributed by atoms with van der Waals surface area (Å²) in [5, 5.41) is 11.1. The Balaban J connectivity index is 1.42. The van der Waals surface area contributed by atoms with Crippen molar-refractivity contribution >= 4 is 23.2 Å². The molecule has 0 aromatic heterocycles. The van der Waals surface area contributed by atoms with Crippen molar-refractivity contribution in [2.45, 2.75) is 19.4 Å². The number of carbonyl (C=O) groups excluding carboxylic acids is 1. The molecule has 27 heavy (non-hydrogen) atoms. The van der Waals surface area contributed by atoms with Crippen LogP contribution in [0.25, 0.3) is 0 Å². The molecule has 5 nitrogen and oxygen atoms in total. The highest BCUT2D eigenvalue weighted by Gasteiger charge is 2.20. The Morgan fingerprint density at radius 3 is 2.74 bits per heavy atom. The van der Waals surface area contributed by atoms with Crippen LogP contribution in [0, 0.1) is 0 Å². The molecule has 3 rings (SSSR count). The molecule has 1 aliphatic carbocycles. The minimum absolute atomic E-state index is 0.242. The number of anilines is 1. The fourth-order valence-corrected chi connectivity index (χ4v) is 3.58. The van der Waals surface area contributed by atoms with Crippen LogP contribution in [0.4, 0.5) is 5.69 Å². The smallest absolute Gasteiger partial charge is 0.128 e. The molecule has 1 fully saturated rings. The van der Waals surface area contributed by atoms with E-state index >= 15 is 0 Å². The molecule has 0 radical (unpaired) electrons. The van der Waals surface area contributed by atoms with Crippen LogP contribution in [-0.4, -0.2) is 61.4 Å². The van der Waals surface area contributed by atoms with Crippen molar-refractivity contribution in [2.24, 2.45) is 0 Å². The van der Waals surface area contributed by atoms with Crippen LogP contribution in [-0.2, 0) is 9.53 Å². The number of nitrogens with zero attached hydrogens (tertiary/aromatic N) is 2. The third-order valence-electron chi connectivity index (χ3n) is 4.86. The predicted octanol–water partition coefficient (Wildman–Crippen LogP) is 2.83. The van der Waals surface area contributed by atoms with Crippen LogP contribution < -0.4 is 4.90 Å². The number of benzene rings is 1. The van der Waals surface area contributed by atoms with Gasteiger partial charge in [-0.05, 0) is 42.8 Å². The number of rotatable bonds is 6. The molecule has 1 N–H and O–H groups in total. The number of hydrogen-bond acceptors (Lipinski definition) is 5. The molecule has 0 amide bonds. The number of allylic oxidation sites excluding steroid dienone is 4. The van der Waals surface area contributed by atoms with Gasteiger partial charge in [-0.1, -0.05) is 17.7 Å². The van der Waals surface area contributed by atoms with Crippen LogP contribution >= 0.6 is 11.6 Å².